The van der Waals surface area contributed by atoms with Gasteiger partial charge >= 0.3 is 0 Å². The summed E-state index contributed by atoms with van der Waals surface area (Å²) in [4.78, 5) is 45.7. The van der Waals surface area contributed by atoms with Crippen LogP contribution >= 0.6 is 39.0 Å². The maximum atomic E-state index is 13.8. The summed E-state index contributed by atoms with van der Waals surface area (Å²) >= 11 is 6.12. The lowest BCUT2D eigenvalue weighted by atomic mass is 10.1. The third-order valence-electron chi connectivity index (χ3n) is 7.27. The number of benzene rings is 5. The van der Waals surface area contributed by atoms with Crippen LogP contribution in [-0.4, -0.2) is 22.7 Å². The molecule has 0 saturated heterocycles. The average Bonchev–Trinajstić information content (AvgIpc) is 3.60. The fourth-order valence-electron chi connectivity index (χ4n) is 4.81. The topological polar surface area (TPSA) is 100 Å². The van der Waals surface area contributed by atoms with Crippen molar-refractivity contribution in [1.29, 1.82) is 0 Å². The summed E-state index contributed by atoms with van der Waals surface area (Å²) in [6, 6.07) is 38.4. The first-order valence-electron chi connectivity index (χ1n) is 15.3. The van der Waals surface area contributed by atoms with Crippen LogP contribution in [0.4, 0.5) is 15.2 Å². The van der Waals surface area contributed by atoms with Crippen molar-refractivity contribution in [2.24, 2.45) is 0 Å². The highest BCUT2D eigenvalue weighted by Crippen LogP contribution is 2.38. The molecule has 11 heteroatoms. The molecular weight excluding hydrogens is 735 g/mol. The lowest BCUT2D eigenvalue weighted by Gasteiger charge is -2.17. The maximum Gasteiger partial charge on any atom is 0.272 e. The highest BCUT2D eigenvalue weighted by Gasteiger charge is 2.24. The number of hydrogen-bond acceptors (Lipinski definition) is 6. The predicted molar refractivity (Wildman–Crippen MR) is 202 cm³/mol. The maximum absolute atomic E-state index is 13.8. The number of aromatic nitrogens is 1. The third kappa shape index (κ3) is 9.20. The Morgan fingerprint density at radius 1 is 0.800 bits per heavy atom. The molecule has 0 aliphatic carbocycles. The van der Waals surface area contributed by atoms with Gasteiger partial charge in [-0.15, -0.1) is 23.1 Å². The number of carbonyl (C=O) groups excluding carboxylic acids is 3. The fraction of sp³-hybridized carbons (Fsp3) is 0.0256. The van der Waals surface area contributed by atoms with E-state index in [-0.39, 0.29) is 11.6 Å². The molecule has 1 unspecified atom stereocenters. The second-order valence-electron chi connectivity index (χ2n) is 10.9. The quantitative estimate of drug-likeness (QED) is 0.0902. The molecule has 1 atom stereocenters. The molecular formula is C39H28BrFN4O3S2. The SMILES string of the molecule is O=C(Nc1cccc(SC(C(=O)Nc2nc(-c3ccc(Br)cc3)cs2)c2ccccc2)c1)/C(=C/c1ccc(F)cc1)NC(=O)c1ccccc1. The highest BCUT2D eigenvalue weighted by molar-refractivity contribution is 9.10. The molecule has 248 valence electrons. The van der Waals surface area contributed by atoms with Gasteiger partial charge in [0.05, 0.1) is 5.69 Å². The second kappa shape index (κ2) is 16.4. The van der Waals surface area contributed by atoms with Crippen LogP contribution < -0.4 is 16.0 Å². The summed E-state index contributed by atoms with van der Waals surface area (Å²) < 4.78 is 14.5. The minimum Gasteiger partial charge on any atom is -0.321 e. The van der Waals surface area contributed by atoms with Crippen LogP contribution in [0.15, 0.2) is 154 Å². The van der Waals surface area contributed by atoms with Crippen molar-refractivity contribution >= 4 is 73.6 Å². The van der Waals surface area contributed by atoms with Crippen LogP contribution in [0.3, 0.4) is 0 Å². The van der Waals surface area contributed by atoms with Crippen LogP contribution in [0.25, 0.3) is 17.3 Å². The van der Waals surface area contributed by atoms with Gasteiger partial charge in [-0.25, -0.2) is 9.37 Å². The van der Waals surface area contributed by atoms with E-state index in [1.807, 2.05) is 66.0 Å². The van der Waals surface area contributed by atoms with Gasteiger partial charge in [0.15, 0.2) is 5.13 Å². The smallest absolute Gasteiger partial charge is 0.272 e. The molecule has 6 aromatic rings. The molecule has 0 spiro atoms. The summed E-state index contributed by atoms with van der Waals surface area (Å²) in [6.45, 7) is 0. The van der Waals surface area contributed by atoms with Gasteiger partial charge in [-0.3, -0.25) is 14.4 Å². The molecule has 6 rings (SSSR count). The molecule has 50 heavy (non-hydrogen) atoms. The van der Waals surface area contributed by atoms with Crippen molar-refractivity contribution in [2.45, 2.75) is 10.1 Å². The standard InChI is InChI=1S/C39H28BrFN4O3S2/c40-29-18-16-26(17-19-29)34-24-49-39(44-34)45-38(48)35(27-8-3-1-4-9-27)50-32-13-7-12-31(23-32)42-37(47)33(22-25-14-20-30(41)21-15-25)43-36(46)28-10-5-2-6-11-28/h1-24,35H,(H,42,47)(H,43,46)(H,44,45,48)/b33-22-. The first-order chi connectivity index (χ1) is 24.3. The zero-order valence-electron chi connectivity index (χ0n) is 26.2. The first-order valence-corrected chi connectivity index (χ1v) is 17.8. The molecule has 0 aliphatic rings. The van der Waals surface area contributed by atoms with Crippen molar-refractivity contribution < 1.29 is 18.8 Å². The van der Waals surface area contributed by atoms with Crippen LogP contribution in [-0.2, 0) is 9.59 Å². The Labute approximate surface area is 304 Å². The van der Waals surface area contributed by atoms with Crippen LogP contribution in [0.1, 0.15) is 26.7 Å². The first kappa shape index (κ1) is 34.5. The molecule has 3 N–H and O–H groups in total. The Morgan fingerprint density at radius 2 is 1.50 bits per heavy atom. The predicted octanol–water partition coefficient (Wildman–Crippen LogP) is 9.59. The number of thiazole rings is 1. The molecule has 1 heterocycles. The zero-order valence-corrected chi connectivity index (χ0v) is 29.4. The summed E-state index contributed by atoms with van der Waals surface area (Å²) in [6.07, 6.45) is 1.48. The van der Waals surface area contributed by atoms with Gasteiger partial charge in [0.1, 0.15) is 16.8 Å². The summed E-state index contributed by atoms with van der Waals surface area (Å²) in [5.74, 6) is -1.72. The Hall–Kier alpha value is -5.36. The summed E-state index contributed by atoms with van der Waals surface area (Å²) in [5.41, 5.74) is 3.81. The minimum absolute atomic E-state index is 0.0315. The van der Waals surface area contributed by atoms with Gasteiger partial charge in [0.25, 0.3) is 11.8 Å². The second-order valence-corrected chi connectivity index (χ2v) is 13.8. The van der Waals surface area contributed by atoms with Gasteiger partial charge in [-0.05, 0) is 71.8 Å². The molecule has 0 radical (unpaired) electrons. The number of nitrogens with one attached hydrogen (secondary N) is 3. The zero-order chi connectivity index (χ0) is 34.9. The normalized spacial score (nSPS) is 11.8. The van der Waals surface area contributed by atoms with E-state index in [4.69, 9.17) is 0 Å². The number of rotatable bonds is 11. The third-order valence-corrected chi connectivity index (χ3v) is 9.80. The molecule has 0 saturated carbocycles. The minimum atomic E-state index is -0.638. The molecule has 0 bridgehead atoms. The van der Waals surface area contributed by atoms with Gasteiger partial charge in [-0.2, -0.15) is 0 Å². The molecule has 1 aromatic heterocycles. The van der Waals surface area contributed by atoms with E-state index >= 15 is 0 Å². The lowest BCUT2D eigenvalue weighted by Crippen LogP contribution is -2.30. The Morgan fingerprint density at radius 3 is 2.22 bits per heavy atom. The van der Waals surface area contributed by atoms with E-state index in [1.165, 1.54) is 53.4 Å². The van der Waals surface area contributed by atoms with E-state index < -0.39 is 22.9 Å². The number of halogens is 2. The summed E-state index contributed by atoms with van der Waals surface area (Å²) in [7, 11) is 0. The highest BCUT2D eigenvalue weighted by atomic mass is 79.9. The summed E-state index contributed by atoms with van der Waals surface area (Å²) in [5, 5.41) is 10.3. The Balaban J connectivity index is 1.20. The fourth-order valence-corrected chi connectivity index (χ4v) is 6.88. The average molecular weight is 764 g/mol. The molecule has 5 aromatic carbocycles. The van der Waals surface area contributed by atoms with E-state index in [1.54, 1.807) is 48.5 Å². The van der Waals surface area contributed by atoms with E-state index in [9.17, 15) is 18.8 Å². The van der Waals surface area contributed by atoms with Crippen molar-refractivity contribution in [3.63, 3.8) is 0 Å². The largest absolute Gasteiger partial charge is 0.321 e. The number of thioether (sulfide) groups is 1. The lowest BCUT2D eigenvalue weighted by molar-refractivity contribution is -0.116. The number of anilines is 2. The van der Waals surface area contributed by atoms with E-state index in [2.05, 4.69) is 36.9 Å². The van der Waals surface area contributed by atoms with Gasteiger partial charge in [0.2, 0.25) is 5.91 Å². The number of amides is 3. The van der Waals surface area contributed by atoms with E-state index in [0.717, 1.165) is 26.2 Å². The van der Waals surface area contributed by atoms with Crippen LogP contribution in [0, 0.1) is 5.82 Å². The van der Waals surface area contributed by atoms with Crippen molar-refractivity contribution in [3.8, 4) is 11.3 Å². The van der Waals surface area contributed by atoms with Crippen LogP contribution in [0.2, 0.25) is 0 Å². The number of hydrogen-bond donors (Lipinski definition) is 3. The van der Waals surface area contributed by atoms with Crippen molar-refractivity contribution in [2.75, 3.05) is 10.6 Å². The Bertz CT molecular complexity index is 2140. The van der Waals surface area contributed by atoms with Gasteiger partial charge < -0.3 is 16.0 Å². The molecule has 7 nitrogen and oxygen atoms in total. The van der Waals surface area contributed by atoms with Gasteiger partial charge in [-0.1, -0.05) is 94.8 Å². The monoisotopic (exact) mass is 762 g/mol. The van der Waals surface area contributed by atoms with Crippen molar-refractivity contribution in [3.05, 3.63) is 172 Å². The molecule has 0 aliphatic heterocycles. The van der Waals surface area contributed by atoms with E-state index in [0.29, 0.717) is 21.9 Å². The van der Waals surface area contributed by atoms with Crippen LogP contribution in [0.5, 0.6) is 0 Å². The molecule has 3 amide bonds. The van der Waals surface area contributed by atoms with Gasteiger partial charge in [0, 0.05) is 31.6 Å². The molecule has 0 fully saturated rings. The number of carbonyl (C=O) groups is 3. The number of nitrogens with zero attached hydrogens (tertiary/aromatic N) is 1. The Kier molecular flexibility index (Phi) is 11.3. The van der Waals surface area contributed by atoms with Crippen molar-refractivity contribution in [1.82, 2.24) is 10.3 Å².